The second-order valence-corrected chi connectivity index (χ2v) is 7.60. The van der Waals surface area contributed by atoms with Gasteiger partial charge in [0.05, 0.1) is 12.4 Å². The Labute approximate surface area is 166 Å². The zero-order valence-electron chi connectivity index (χ0n) is 15.8. The van der Waals surface area contributed by atoms with Gasteiger partial charge in [-0.25, -0.2) is 4.99 Å². The van der Waals surface area contributed by atoms with E-state index in [1.807, 2.05) is 12.1 Å². The number of hydrogen-bond acceptors (Lipinski definition) is 4. The average Bonchev–Trinajstić information content (AvgIpc) is 3.01. The number of likely N-dealkylation sites (N-methyl/N-ethyl adjacent to an activating group) is 1. The molecule has 1 unspecified atom stereocenters. The van der Waals surface area contributed by atoms with Gasteiger partial charge in [-0.05, 0) is 29.7 Å². The zero-order valence-corrected chi connectivity index (χ0v) is 16.6. The molecule has 2 aromatic rings. The zero-order chi connectivity index (χ0) is 18.8. The molecule has 140 valence electrons. The van der Waals surface area contributed by atoms with E-state index in [1.54, 1.807) is 0 Å². The van der Waals surface area contributed by atoms with E-state index in [0.717, 1.165) is 37.0 Å². The fourth-order valence-corrected chi connectivity index (χ4v) is 3.84. The Balaban J connectivity index is 1.61. The molecule has 0 aliphatic carbocycles. The van der Waals surface area contributed by atoms with E-state index in [0.29, 0.717) is 0 Å². The van der Waals surface area contributed by atoms with Crippen LogP contribution in [0.1, 0.15) is 24.5 Å². The van der Waals surface area contributed by atoms with Crippen LogP contribution >= 0.6 is 11.6 Å². The molecular weight excluding hydrogens is 356 g/mol. The summed E-state index contributed by atoms with van der Waals surface area (Å²) in [5.41, 5.74) is 3.76. The Morgan fingerprint density at radius 3 is 2.41 bits per heavy atom. The summed E-state index contributed by atoms with van der Waals surface area (Å²) in [6.07, 6.45) is 3.48. The smallest absolute Gasteiger partial charge is 0.152 e. The third-order valence-corrected chi connectivity index (χ3v) is 5.42. The topological polar surface area (TPSA) is 22.1 Å². The summed E-state index contributed by atoms with van der Waals surface area (Å²) in [4.78, 5) is 12.0. The Morgan fingerprint density at radius 1 is 1.00 bits per heavy atom. The molecule has 1 atom stereocenters. The van der Waals surface area contributed by atoms with Crippen molar-refractivity contribution in [1.29, 1.82) is 0 Å². The molecule has 2 aliphatic rings. The normalized spacial score (nSPS) is 19.1. The molecule has 4 nitrogen and oxygen atoms in total. The largest absolute Gasteiger partial charge is 0.353 e. The first-order chi connectivity index (χ1) is 13.1. The van der Waals surface area contributed by atoms with Crippen molar-refractivity contribution in [3.63, 3.8) is 0 Å². The maximum atomic E-state index is 6.04. The molecule has 0 radical (unpaired) electrons. The number of fused-ring (bicyclic) bond motifs is 1. The van der Waals surface area contributed by atoms with Crippen LogP contribution in [-0.2, 0) is 13.1 Å². The number of rotatable bonds is 5. The van der Waals surface area contributed by atoms with Crippen molar-refractivity contribution in [2.75, 3.05) is 13.7 Å². The summed E-state index contributed by atoms with van der Waals surface area (Å²) < 4.78 is 0. The molecule has 0 spiro atoms. The van der Waals surface area contributed by atoms with Crippen LogP contribution in [0.4, 0.5) is 0 Å². The molecule has 0 fully saturated rings. The molecule has 2 aromatic carbocycles. The predicted octanol–water partition coefficient (Wildman–Crippen LogP) is 4.54. The maximum Gasteiger partial charge on any atom is 0.152 e. The number of halogens is 1. The number of benzene rings is 2. The first kappa shape index (κ1) is 17.9. The second-order valence-electron chi connectivity index (χ2n) is 7.17. The molecule has 0 bridgehead atoms. The first-order valence-electron chi connectivity index (χ1n) is 9.44. The molecule has 0 saturated carbocycles. The van der Waals surface area contributed by atoms with Gasteiger partial charge in [-0.15, -0.1) is 0 Å². The van der Waals surface area contributed by atoms with Crippen molar-refractivity contribution in [2.45, 2.75) is 32.6 Å². The van der Waals surface area contributed by atoms with E-state index >= 15 is 0 Å². The highest BCUT2D eigenvalue weighted by Crippen LogP contribution is 2.28. The first-order valence-corrected chi connectivity index (χ1v) is 9.82. The number of hydrogen-bond donors (Lipinski definition) is 0. The van der Waals surface area contributed by atoms with Crippen molar-refractivity contribution in [3.8, 4) is 0 Å². The SMILES string of the molecule is CCC1N=C2C(=CN(Cc3ccc(Cl)cc3)CN2Cc2ccccc2)N1C. The fourth-order valence-electron chi connectivity index (χ4n) is 3.72. The summed E-state index contributed by atoms with van der Waals surface area (Å²) in [6, 6.07) is 18.7. The molecule has 4 rings (SSSR count). The lowest BCUT2D eigenvalue weighted by Crippen LogP contribution is -2.44. The van der Waals surface area contributed by atoms with Gasteiger partial charge >= 0.3 is 0 Å². The molecular formula is C22H25ClN4. The Kier molecular flexibility index (Phi) is 5.08. The van der Waals surface area contributed by atoms with Crippen molar-refractivity contribution >= 4 is 17.4 Å². The quantitative estimate of drug-likeness (QED) is 0.760. The highest BCUT2D eigenvalue weighted by molar-refractivity contribution is 6.30. The van der Waals surface area contributed by atoms with Crippen LogP contribution in [0.5, 0.6) is 0 Å². The third kappa shape index (κ3) is 3.81. The summed E-state index contributed by atoms with van der Waals surface area (Å²) in [5, 5.41) is 0.775. The molecule has 27 heavy (non-hydrogen) atoms. The van der Waals surface area contributed by atoms with E-state index in [-0.39, 0.29) is 6.17 Å². The number of amidine groups is 1. The fraction of sp³-hybridized carbons (Fsp3) is 0.318. The van der Waals surface area contributed by atoms with Crippen LogP contribution in [0.15, 0.2) is 71.5 Å². The molecule has 0 saturated heterocycles. The van der Waals surface area contributed by atoms with Crippen molar-refractivity contribution in [1.82, 2.24) is 14.7 Å². The highest BCUT2D eigenvalue weighted by atomic mass is 35.5. The van der Waals surface area contributed by atoms with Crippen LogP contribution in [0.2, 0.25) is 5.02 Å². The van der Waals surface area contributed by atoms with Gasteiger partial charge in [-0.3, -0.25) is 0 Å². The molecule has 0 amide bonds. The maximum absolute atomic E-state index is 6.04. The van der Waals surface area contributed by atoms with Gasteiger partial charge < -0.3 is 14.7 Å². The van der Waals surface area contributed by atoms with E-state index in [2.05, 4.69) is 77.3 Å². The molecule has 2 heterocycles. The summed E-state index contributed by atoms with van der Waals surface area (Å²) in [6.45, 7) is 4.72. The monoisotopic (exact) mass is 380 g/mol. The minimum absolute atomic E-state index is 0.222. The Bertz CT molecular complexity index is 844. The minimum atomic E-state index is 0.222. The molecule has 2 aliphatic heterocycles. The lowest BCUT2D eigenvalue weighted by atomic mass is 10.1. The summed E-state index contributed by atoms with van der Waals surface area (Å²) in [7, 11) is 2.14. The third-order valence-electron chi connectivity index (χ3n) is 5.16. The minimum Gasteiger partial charge on any atom is -0.353 e. The van der Waals surface area contributed by atoms with Crippen LogP contribution in [0.3, 0.4) is 0 Å². The van der Waals surface area contributed by atoms with E-state index < -0.39 is 0 Å². The van der Waals surface area contributed by atoms with Crippen molar-refractivity contribution in [2.24, 2.45) is 4.99 Å². The van der Waals surface area contributed by atoms with Gasteiger partial charge in [-0.1, -0.05) is 61.0 Å². The standard InChI is InChI=1S/C22H25ClN4/c1-3-21-24-22-20(25(21)2)15-26(13-18-9-11-19(23)12-10-18)16-27(22)14-17-7-5-4-6-8-17/h4-12,15,21H,3,13-14,16H2,1-2H3. The summed E-state index contributed by atoms with van der Waals surface area (Å²) >= 11 is 6.04. The van der Waals surface area contributed by atoms with Crippen LogP contribution in [-0.4, -0.2) is 40.4 Å². The lowest BCUT2D eigenvalue weighted by molar-refractivity contribution is 0.216. The van der Waals surface area contributed by atoms with Gasteiger partial charge in [0.2, 0.25) is 0 Å². The van der Waals surface area contributed by atoms with Gasteiger partial charge in [-0.2, -0.15) is 0 Å². The average molecular weight is 381 g/mol. The van der Waals surface area contributed by atoms with Crippen LogP contribution < -0.4 is 0 Å². The van der Waals surface area contributed by atoms with E-state index in [9.17, 15) is 0 Å². The van der Waals surface area contributed by atoms with E-state index in [4.69, 9.17) is 16.6 Å². The lowest BCUT2D eigenvalue weighted by Gasteiger charge is -2.37. The van der Waals surface area contributed by atoms with E-state index in [1.165, 1.54) is 16.8 Å². The number of nitrogens with zero attached hydrogens (tertiary/aromatic N) is 4. The van der Waals surface area contributed by atoms with Crippen LogP contribution in [0, 0.1) is 0 Å². The summed E-state index contributed by atoms with van der Waals surface area (Å²) in [5.74, 6) is 1.11. The predicted molar refractivity (Wildman–Crippen MR) is 111 cm³/mol. The molecule has 0 N–H and O–H groups in total. The van der Waals surface area contributed by atoms with Crippen molar-refractivity contribution in [3.05, 3.63) is 82.6 Å². The van der Waals surface area contributed by atoms with Gasteiger partial charge in [0.15, 0.2) is 5.84 Å². The van der Waals surface area contributed by atoms with Gasteiger partial charge in [0, 0.05) is 31.4 Å². The Hall–Kier alpha value is -2.46. The van der Waals surface area contributed by atoms with Crippen molar-refractivity contribution < 1.29 is 0 Å². The molecule has 0 aromatic heterocycles. The highest BCUT2D eigenvalue weighted by Gasteiger charge is 2.34. The second kappa shape index (κ2) is 7.65. The molecule has 5 heteroatoms. The number of aliphatic imine (C=N–C) groups is 1. The van der Waals surface area contributed by atoms with Crippen LogP contribution in [0.25, 0.3) is 0 Å². The van der Waals surface area contributed by atoms with Gasteiger partial charge in [0.1, 0.15) is 6.17 Å². The Morgan fingerprint density at radius 2 is 1.70 bits per heavy atom. The van der Waals surface area contributed by atoms with Gasteiger partial charge in [0.25, 0.3) is 0 Å².